The monoisotopic (exact) mass is 383 g/mol. The Morgan fingerprint density at radius 1 is 1.19 bits per heavy atom. The summed E-state index contributed by atoms with van der Waals surface area (Å²) in [6, 6.07) is 5.30. The lowest BCUT2D eigenvalue weighted by molar-refractivity contribution is -0.123. The minimum absolute atomic E-state index is 0. The fraction of sp³-hybridized carbons (Fsp3) is 0.556. The number of halogens is 1. The van der Waals surface area contributed by atoms with Crippen molar-refractivity contribution in [3.05, 3.63) is 18.2 Å². The third-order valence-corrected chi connectivity index (χ3v) is 4.36. The van der Waals surface area contributed by atoms with Crippen molar-refractivity contribution in [2.75, 3.05) is 25.6 Å². The van der Waals surface area contributed by atoms with Crippen LogP contribution in [-0.4, -0.2) is 44.2 Å². The van der Waals surface area contributed by atoms with Crippen molar-refractivity contribution in [2.24, 2.45) is 0 Å². The van der Waals surface area contributed by atoms with Crippen molar-refractivity contribution in [1.82, 2.24) is 10.6 Å². The molecular formula is C18H26ClN3O4. The number of nitrogens with one attached hydrogen (secondary N) is 3. The second kappa shape index (κ2) is 9.64. The van der Waals surface area contributed by atoms with E-state index in [0.29, 0.717) is 23.2 Å². The van der Waals surface area contributed by atoms with Crippen molar-refractivity contribution in [3.8, 4) is 11.5 Å². The SMILES string of the molecule is COc1ccc(NC(=O)C2CCCCN2)cc1OCC(=O)NC1CC1.Cl. The molecule has 1 unspecified atom stereocenters. The highest BCUT2D eigenvalue weighted by Crippen LogP contribution is 2.30. The van der Waals surface area contributed by atoms with Crippen LogP contribution in [0.3, 0.4) is 0 Å². The van der Waals surface area contributed by atoms with Crippen LogP contribution in [-0.2, 0) is 9.59 Å². The van der Waals surface area contributed by atoms with Crippen molar-refractivity contribution >= 4 is 29.9 Å². The van der Waals surface area contributed by atoms with Crippen LogP contribution in [0.2, 0.25) is 0 Å². The standard InChI is InChI=1S/C18H25N3O4.ClH/c1-24-15-8-7-13(21-18(23)14-4-2-3-9-19-14)10-16(15)25-11-17(22)20-12-5-6-12;/h7-8,10,12,14,19H,2-6,9,11H2,1H3,(H,20,22)(H,21,23);1H. The van der Waals surface area contributed by atoms with Gasteiger partial charge in [0, 0.05) is 17.8 Å². The van der Waals surface area contributed by atoms with Gasteiger partial charge in [-0.1, -0.05) is 6.42 Å². The first-order chi connectivity index (χ1) is 12.2. The summed E-state index contributed by atoms with van der Waals surface area (Å²) in [5, 5.41) is 8.98. The lowest BCUT2D eigenvalue weighted by Crippen LogP contribution is -2.43. The van der Waals surface area contributed by atoms with Crippen molar-refractivity contribution in [3.63, 3.8) is 0 Å². The molecule has 0 radical (unpaired) electrons. The summed E-state index contributed by atoms with van der Waals surface area (Å²) in [6.07, 6.45) is 5.07. The first kappa shape index (κ1) is 20.3. The molecule has 3 N–H and O–H groups in total. The largest absolute Gasteiger partial charge is 0.493 e. The Morgan fingerprint density at radius 3 is 2.65 bits per heavy atom. The van der Waals surface area contributed by atoms with Crippen LogP contribution in [0, 0.1) is 0 Å². The van der Waals surface area contributed by atoms with Crippen LogP contribution >= 0.6 is 12.4 Å². The van der Waals surface area contributed by atoms with Crippen LogP contribution in [0.5, 0.6) is 11.5 Å². The molecule has 1 saturated heterocycles. The molecule has 0 spiro atoms. The number of hydrogen-bond acceptors (Lipinski definition) is 5. The summed E-state index contributed by atoms with van der Waals surface area (Å²) >= 11 is 0. The Morgan fingerprint density at radius 2 is 2.00 bits per heavy atom. The average molecular weight is 384 g/mol. The molecule has 1 heterocycles. The quantitative estimate of drug-likeness (QED) is 0.668. The Kier molecular flexibility index (Phi) is 7.53. The summed E-state index contributed by atoms with van der Waals surface area (Å²) in [5.41, 5.74) is 0.621. The predicted molar refractivity (Wildman–Crippen MR) is 101 cm³/mol. The van der Waals surface area contributed by atoms with E-state index in [1.807, 2.05) is 0 Å². The van der Waals surface area contributed by atoms with Gasteiger partial charge in [0.05, 0.1) is 13.2 Å². The molecule has 8 heteroatoms. The van der Waals surface area contributed by atoms with Gasteiger partial charge in [0.25, 0.3) is 5.91 Å². The number of rotatable bonds is 7. The summed E-state index contributed by atoms with van der Waals surface area (Å²) < 4.78 is 10.8. The zero-order chi connectivity index (χ0) is 17.6. The molecule has 1 aromatic carbocycles. The molecule has 1 atom stereocenters. The summed E-state index contributed by atoms with van der Waals surface area (Å²) in [6.45, 7) is 0.791. The van der Waals surface area contributed by atoms with Crippen molar-refractivity contribution in [2.45, 2.75) is 44.2 Å². The lowest BCUT2D eigenvalue weighted by atomic mass is 10.0. The number of carbonyl (C=O) groups is 2. The average Bonchev–Trinajstić information content (AvgIpc) is 3.45. The molecule has 1 aliphatic heterocycles. The summed E-state index contributed by atoms with van der Waals surface area (Å²) in [4.78, 5) is 24.1. The number of hydrogen-bond donors (Lipinski definition) is 3. The van der Waals surface area contributed by atoms with Crippen molar-refractivity contribution < 1.29 is 19.1 Å². The van der Waals surface area contributed by atoms with E-state index >= 15 is 0 Å². The Bertz CT molecular complexity index is 631. The Hall–Kier alpha value is -1.99. The van der Waals surface area contributed by atoms with Gasteiger partial charge >= 0.3 is 0 Å². The van der Waals surface area contributed by atoms with Crippen LogP contribution in [0.15, 0.2) is 18.2 Å². The van der Waals surface area contributed by atoms with Gasteiger partial charge in [-0.3, -0.25) is 9.59 Å². The van der Waals surface area contributed by atoms with Gasteiger partial charge in [-0.25, -0.2) is 0 Å². The molecule has 0 aromatic heterocycles. The minimum atomic E-state index is -0.162. The number of benzene rings is 1. The fourth-order valence-corrected chi connectivity index (χ4v) is 2.81. The predicted octanol–water partition coefficient (Wildman–Crippen LogP) is 1.85. The Labute approximate surface area is 159 Å². The summed E-state index contributed by atoms with van der Waals surface area (Å²) in [7, 11) is 1.54. The van der Waals surface area contributed by atoms with E-state index in [-0.39, 0.29) is 36.9 Å². The van der Waals surface area contributed by atoms with E-state index in [0.717, 1.165) is 38.6 Å². The number of anilines is 1. The maximum atomic E-state index is 12.3. The number of methoxy groups -OCH3 is 1. The molecule has 0 bridgehead atoms. The molecule has 2 amide bonds. The third-order valence-electron chi connectivity index (χ3n) is 4.36. The normalized spacial score (nSPS) is 19.0. The van der Waals surface area contributed by atoms with Gasteiger partial charge in [0.1, 0.15) is 0 Å². The van der Waals surface area contributed by atoms with Crippen LogP contribution in [0.25, 0.3) is 0 Å². The number of amides is 2. The maximum absolute atomic E-state index is 12.3. The van der Waals surface area contributed by atoms with Gasteiger partial charge in [0.15, 0.2) is 18.1 Å². The number of ether oxygens (including phenoxy) is 2. The molecule has 26 heavy (non-hydrogen) atoms. The number of carbonyl (C=O) groups excluding carboxylic acids is 2. The zero-order valence-corrected chi connectivity index (χ0v) is 15.7. The molecular weight excluding hydrogens is 358 g/mol. The molecule has 1 aliphatic carbocycles. The van der Waals surface area contributed by atoms with Crippen LogP contribution in [0.4, 0.5) is 5.69 Å². The zero-order valence-electron chi connectivity index (χ0n) is 14.9. The maximum Gasteiger partial charge on any atom is 0.258 e. The second-order valence-corrected chi connectivity index (χ2v) is 6.49. The Balaban J connectivity index is 0.00000243. The molecule has 3 rings (SSSR count). The smallest absolute Gasteiger partial charge is 0.258 e. The van der Waals surface area contributed by atoms with Gasteiger partial charge in [-0.05, 0) is 44.4 Å². The first-order valence-electron chi connectivity index (χ1n) is 8.80. The molecule has 7 nitrogen and oxygen atoms in total. The molecule has 2 fully saturated rings. The topological polar surface area (TPSA) is 88.7 Å². The molecule has 144 valence electrons. The minimum Gasteiger partial charge on any atom is -0.493 e. The van der Waals surface area contributed by atoms with Crippen LogP contribution < -0.4 is 25.4 Å². The van der Waals surface area contributed by atoms with Crippen LogP contribution in [0.1, 0.15) is 32.1 Å². The molecule has 2 aliphatic rings. The van der Waals surface area contributed by atoms with Gasteiger partial charge < -0.3 is 25.4 Å². The third kappa shape index (κ3) is 5.78. The highest BCUT2D eigenvalue weighted by atomic mass is 35.5. The van der Waals surface area contributed by atoms with E-state index in [1.165, 1.54) is 7.11 Å². The number of piperidine rings is 1. The van der Waals surface area contributed by atoms with E-state index in [1.54, 1.807) is 18.2 Å². The van der Waals surface area contributed by atoms with E-state index in [9.17, 15) is 9.59 Å². The molecule has 1 aromatic rings. The van der Waals surface area contributed by atoms with E-state index in [4.69, 9.17) is 9.47 Å². The molecule has 1 saturated carbocycles. The highest BCUT2D eigenvalue weighted by molar-refractivity contribution is 5.95. The van der Waals surface area contributed by atoms with E-state index in [2.05, 4.69) is 16.0 Å². The summed E-state index contributed by atoms with van der Waals surface area (Å²) in [5.74, 6) is 0.753. The highest BCUT2D eigenvalue weighted by Gasteiger charge is 2.24. The van der Waals surface area contributed by atoms with Crippen molar-refractivity contribution in [1.29, 1.82) is 0 Å². The lowest BCUT2D eigenvalue weighted by Gasteiger charge is -2.22. The van der Waals surface area contributed by atoms with Gasteiger partial charge in [0.2, 0.25) is 5.91 Å². The van der Waals surface area contributed by atoms with Gasteiger partial charge in [-0.15, -0.1) is 12.4 Å². The van der Waals surface area contributed by atoms with E-state index < -0.39 is 0 Å². The second-order valence-electron chi connectivity index (χ2n) is 6.49. The first-order valence-corrected chi connectivity index (χ1v) is 8.80. The fourth-order valence-electron chi connectivity index (χ4n) is 2.81. The van der Waals surface area contributed by atoms with Gasteiger partial charge in [-0.2, -0.15) is 0 Å².